The molecule has 0 bridgehead atoms. The summed E-state index contributed by atoms with van der Waals surface area (Å²) in [4.78, 5) is 17.1. The van der Waals surface area contributed by atoms with Crippen LogP contribution in [0.25, 0.3) is 0 Å². The Morgan fingerprint density at radius 3 is 2.93 bits per heavy atom. The molecule has 0 saturated carbocycles. The third-order valence-corrected chi connectivity index (χ3v) is 2.15. The molecule has 0 radical (unpaired) electrons. The van der Waals surface area contributed by atoms with E-state index in [1.807, 2.05) is 17.9 Å². The Hall–Kier alpha value is -1.78. The maximum absolute atomic E-state index is 11.3. The summed E-state index contributed by atoms with van der Waals surface area (Å²) < 4.78 is 0. The topological polar surface area (TPSA) is 71.2 Å². The largest absolute Gasteiger partial charge is 0.382 e. The van der Waals surface area contributed by atoms with Crippen molar-refractivity contribution in [2.24, 2.45) is 0 Å². The summed E-state index contributed by atoms with van der Waals surface area (Å²) in [5.41, 5.74) is 6.52. The predicted molar refractivity (Wildman–Crippen MR) is 60.6 cm³/mol. The van der Waals surface area contributed by atoms with E-state index in [4.69, 9.17) is 5.73 Å². The SMILES string of the molecule is CCN(CC(=O)NC)c1cccnc1N. The summed E-state index contributed by atoms with van der Waals surface area (Å²) >= 11 is 0. The fraction of sp³-hybridized carbons (Fsp3) is 0.400. The van der Waals surface area contributed by atoms with E-state index in [0.29, 0.717) is 18.9 Å². The molecule has 1 rings (SSSR count). The quantitative estimate of drug-likeness (QED) is 0.743. The number of carbonyl (C=O) groups excluding carboxylic acids is 1. The van der Waals surface area contributed by atoms with Crippen LogP contribution in [0.1, 0.15) is 6.92 Å². The third-order valence-electron chi connectivity index (χ3n) is 2.15. The first-order valence-corrected chi connectivity index (χ1v) is 4.85. The number of nitrogen functional groups attached to an aromatic ring is 1. The van der Waals surface area contributed by atoms with Crippen molar-refractivity contribution in [2.45, 2.75) is 6.92 Å². The number of nitrogens with one attached hydrogen (secondary N) is 1. The van der Waals surface area contributed by atoms with Gasteiger partial charge in [-0.2, -0.15) is 0 Å². The zero-order valence-electron chi connectivity index (χ0n) is 9.03. The number of hydrogen-bond acceptors (Lipinski definition) is 4. The van der Waals surface area contributed by atoms with Crippen LogP contribution in [0.4, 0.5) is 11.5 Å². The number of likely N-dealkylation sites (N-methyl/N-ethyl adjacent to an activating group) is 2. The molecule has 0 spiro atoms. The van der Waals surface area contributed by atoms with Crippen molar-refractivity contribution < 1.29 is 4.79 Å². The summed E-state index contributed by atoms with van der Waals surface area (Å²) in [5, 5.41) is 2.58. The van der Waals surface area contributed by atoms with Crippen LogP contribution >= 0.6 is 0 Å². The van der Waals surface area contributed by atoms with E-state index >= 15 is 0 Å². The van der Waals surface area contributed by atoms with Crippen LogP contribution in [0.5, 0.6) is 0 Å². The van der Waals surface area contributed by atoms with Gasteiger partial charge >= 0.3 is 0 Å². The summed E-state index contributed by atoms with van der Waals surface area (Å²) in [6.45, 7) is 2.97. The van der Waals surface area contributed by atoms with E-state index in [9.17, 15) is 4.79 Å². The molecule has 5 nitrogen and oxygen atoms in total. The fourth-order valence-electron chi connectivity index (χ4n) is 1.30. The van der Waals surface area contributed by atoms with Crippen molar-refractivity contribution in [3.8, 4) is 0 Å². The number of nitrogens with two attached hydrogens (primary N) is 1. The second-order valence-corrected chi connectivity index (χ2v) is 3.10. The highest BCUT2D eigenvalue weighted by Crippen LogP contribution is 2.19. The van der Waals surface area contributed by atoms with Crippen molar-refractivity contribution in [1.82, 2.24) is 10.3 Å². The second-order valence-electron chi connectivity index (χ2n) is 3.10. The Balaban J connectivity index is 2.83. The Kier molecular flexibility index (Phi) is 3.91. The van der Waals surface area contributed by atoms with Crippen LogP contribution in [0, 0.1) is 0 Å². The molecule has 0 aliphatic rings. The van der Waals surface area contributed by atoms with Crippen molar-refractivity contribution in [1.29, 1.82) is 0 Å². The van der Waals surface area contributed by atoms with E-state index < -0.39 is 0 Å². The molecule has 82 valence electrons. The van der Waals surface area contributed by atoms with Crippen LogP contribution in [-0.4, -0.2) is 31.0 Å². The Labute approximate surface area is 89.3 Å². The molecule has 0 atom stereocenters. The fourth-order valence-corrected chi connectivity index (χ4v) is 1.30. The van der Waals surface area contributed by atoms with Gasteiger partial charge in [-0.15, -0.1) is 0 Å². The molecule has 1 heterocycles. The molecule has 0 aliphatic heterocycles. The van der Waals surface area contributed by atoms with Gasteiger partial charge in [-0.3, -0.25) is 4.79 Å². The third kappa shape index (κ3) is 2.83. The number of carbonyl (C=O) groups is 1. The normalized spacial score (nSPS) is 9.73. The summed E-state index contributed by atoms with van der Waals surface area (Å²) in [7, 11) is 1.61. The average molecular weight is 208 g/mol. The molecule has 1 aromatic rings. The van der Waals surface area contributed by atoms with Crippen molar-refractivity contribution in [3.05, 3.63) is 18.3 Å². The maximum Gasteiger partial charge on any atom is 0.239 e. The number of amides is 1. The first-order valence-electron chi connectivity index (χ1n) is 4.85. The minimum Gasteiger partial charge on any atom is -0.382 e. The van der Waals surface area contributed by atoms with Gasteiger partial charge in [0.25, 0.3) is 0 Å². The lowest BCUT2D eigenvalue weighted by Gasteiger charge is -2.22. The van der Waals surface area contributed by atoms with Crippen LogP contribution in [0.3, 0.4) is 0 Å². The zero-order valence-corrected chi connectivity index (χ0v) is 9.03. The Morgan fingerprint density at radius 2 is 2.40 bits per heavy atom. The molecule has 1 aromatic heterocycles. The van der Waals surface area contributed by atoms with E-state index in [2.05, 4.69) is 10.3 Å². The number of hydrogen-bond donors (Lipinski definition) is 2. The van der Waals surface area contributed by atoms with Crippen LogP contribution in [0.2, 0.25) is 0 Å². The molecule has 0 unspecified atom stereocenters. The van der Waals surface area contributed by atoms with Crippen LogP contribution in [-0.2, 0) is 4.79 Å². The summed E-state index contributed by atoms with van der Waals surface area (Å²) in [6, 6.07) is 3.66. The van der Waals surface area contributed by atoms with Crippen molar-refractivity contribution in [2.75, 3.05) is 30.8 Å². The minimum atomic E-state index is -0.0416. The molecule has 0 aliphatic carbocycles. The van der Waals surface area contributed by atoms with Gasteiger partial charge < -0.3 is 16.0 Å². The Morgan fingerprint density at radius 1 is 1.67 bits per heavy atom. The van der Waals surface area contributed by atoms with Crippen molar-refractivity contribution >= 4 is 17.4 Å². The molecular formula is C10H16N4O. The van der Waals surface area contributed by atoms with E-state index in [0.717, 1.165) is 5.69 Å². The molecule has 1 amide bonds. The van der Waals surface area contributed by atoms with Gasteiger partial charge in [0.05, 0.1) is 12.2 Å². The van der Waals surface area contributed by atoms with E-state index in [-0.39, 0.29) is 5.91 Å². The van der Waals surface area contributed by atoms with Gasteiger partial charge in [0.2, 0.25) is 5.91 Å². The molecule has 0 aromatic carbocycles. The number of anilines is 2. The Bertz CT molecular complexity index is 340. The molecule has 0 fully saturated rings. The smallest absolute Gasteiger partial charge is 0.239 e. The monoisotopic (exact) mass is 208 g/mol. The van der Waals surface area contributed by atoms with Gasteiger partial charge in [-0.25, -0.2) is 4.98 Å². The highest BCUT2D eigenvalue weighted by Gasteiger charge is 2.11. The summed E-state index contributed by atoms with van der Waals surface area (Å²) in [5.74, 6) is 0.406. The average Bonchev–Trinajstić information content (AvgIpc) is 2.26. The zero-order chi connectivity index (χ0) is 11.3. The predicted octanol–water partition coefficient (Wildman–Crippen LogP) is 0.236. The highest BCUT2D eigenvalue weighted by atomic mass is 16.1. The van der Waals surface area contributed by atoms with Gasteiger partial charge in [-0.05, 0) is 19.1 Å². The van der Waals surface area contributed by atoms with Gasteiger partial charge in [0.1, 0.15) is 5.82 Å². The highest BCUT2D eigenvalue weighted by molar-refractivity contribution is 5.82. The second kappa shape index (κ2) is 5.19. The minimum absolute atomic E-state index is 0.0416. The first-order chi connectivity index (χ1) is 7.19. The number of pyridine rings is 1. The molecule has 15 heavy (non-hydrogen) atoms. The molecule has 5 heteroatoms. The lowest BCUT2D eigenvalue weighted by atomic mass is 10.3. The summed E-state index contributed by atoms with van der Waals surface area (Å²) in [6.07, 6.45) is 1.63. The maximum atomic E-state index is 11.3. The lowest BCUT2D eigenvalue weighted by Crippen LogP contribution is -2.35. The number of rotatable bonds is 4. The molecule has 0 saturated heterocycles. The van der Waals surface area contributed by atoms with Gasteiger partial charge in [-0.1, -0.05) is 0 Å². The van der Waals surface area contributed by atoms with Gasteiger partial charge in [0, 0.05) is 19.8 Å². The first kappa shape index (κ1) is 11.3. The van der Waals surface area contributed by atoms with E-state index in [1.165, 1.54) is 0 Å². The number of aromatic nitrogens is 1. The van der Waals surface area contributed by atoms with Gasteiger partial charge in [0.15, 0.2) is 0 Å². The number of nitrogens with zero attached hydrogens (tertiary/aromatic N) is 2. The lowest BCUT2D eigenvalue weighted by molar-refractivity contribution is -0.119. The van der Waals surface area contributed by atoms with Crippen LogP contribution < -0.4 is 16.0 Å². The van der Waals surface area contributed by atoms with E-state index in [1.54, 1.807) is 19.3 Å². The van der Waals surface area contributed by atoms with Crippen molar-refractivity contribution in [3.63, 3.8) is 0 Å². The van der Waals surface area contributed by atoms with Crippen LogP contribution in [0.15, 0.2) is 18.3 Å². The standard InChI is InChI=1S/C10H16N4O/c1-3-14(7-9(15)12-2)8-5-4-6-13-10(8)11/h4-6H,3,7H2,1-2H3,(H2,11,13)(H,12,15). The molecular weight excluding hydrogens is 192 g/mol. The molecule has 3 N–H and O–H groups in total.